The van der Waals surface area contributed by atoms with E-state index in [-0.39, 0.29) is 0 Å². The molecule has 3 aromatic rings. The van der Waals surface area contributed by atoms with Gasteiger partial charge in [-0.15, -0.1) is 0 Å². The molecule has 0 aliphatic carbocycles. The molecule has 0 spiro atoms. The second-order valence-corrected chi connectivity index (χ2v) is 9.53. The lowest BCUT2D eigenvalue weighted by Crippen LogP contribution is -2.43. The van der Waals surface area contributed by atoms with Crippen LogP contribution < -0.4 is 10.1 Å². The molecule has 0 radical (unpaired) electrons. The van der Waals surface area contributed by atoms with Crippen LogP contribution in [0.3, 0.4) is 0 Å². The largest absolute Gasteiger partial charge is 0.497 e. The fourth-order valence-corrected chi connectivity index (χ4v) is 4.78. The summed E-state index contributed by atoms with van der Waals surface area (Å²) in [6, 6.07) is 22.7. The van der Waals surface area contributed by atoms with Gasteiger partial charge in [0, 0.05) is 11.4 Å². The van der Waals surface area contributed by atoms with Crippen molar-refractivity contribution in [3.63, 3.8) is 0 Å². The first-order valence-electron chi connectivity index (χ1n) is 11.8. The van der Waals surface area contributed by atoms with Gasteiger partial charge in [0.05, 0.1) is 18.9 Å². The van der Waals surface area contributed by atoms with E-state index in [0.717, 1.165) is 21.7 Å². The number of halogens is 1. The Balaban J connectivity index is 1.42. The van der Waals surface area contributed by atoms with Crippen molar-refractivity contribution in [2.75, 3.05) is 13.7 Å². The Kier molecular flexibility index (Phi) is 6.43. The molecule has 2 heterocycles. The van der Waals surface area contributed by atoms with Gasteiger partial charge in [-0.25, -0.2) is 9.80 Å². The van der Waals surface area contributed by atoms with Crippen LogP contribution in [-0.2, 0) is 15.1 Å². The highest BCUT2D eigenvalue weighted by atomic mass is 35.5. The summed E-state index contributed by atoms with van der Waals surface area (Å²) in [5.74, 6) is -0.277. The highest BCUT2D eigenvalue weighted by molar-refractivity contribution is 6.30. The van der Waals surface area contributed by atoms with Crippen LogP contribution in [0.4, 0.5) is 4.79 Å². The molecule has 0 saturated carbocycles. The third-order valence-corrected chi connectivity index (χ3v) is 7.02. The average Bonchev–Trinajstić information content (AvgIpc) is 3.46. The monoisotopic (exact) mass is 516 g/mol. The van der Waals surface area contributed by atoms with E-state index >= 15 is 0 Å². The minimum Gasteiger partial charge on any atom is -0.497 e. The third kappa shape index (κ3) is 4.56. The number of benzene rings is 3. The average molecular weight is 517 g/mol. The Bertz CT molecular complexity index is 1380. The van der Waals surface area contributed by atoms with Crippen LogP contribution in [-0.4, -0.2) is 47.1 Å². The molecule has 2 atom stereocenters. The van der Waals surface area contributed by atoms with Gasteiger partial charge in [-0.05, 0) is 47.9 Å². The summed E-state index contributed by atoms with van der Waals surface area (Å²) >= 11 is 5.98. The normalized spacial score (nSPS) is 21.2. The maximum Gasteiger partial charge on any atom is 0.325 e. The summed E-state index contributed by atoms with van der Waals surface area (Å²) < 4.78 is 5.27. The molecule has 1 fully saturated rings. The van der Waals surface area contributed by atoms with Crippen molar-refractivity contribution in [1.82, 2.24) is 15.2 Å². The number of hydrogen-bond acceptors (Lipinski definition) is 5. The number of amides is 4. The highest BCUT2D eigenvalue weighted by Crippen LogP contribution is 2.35. The van der Waals surface area contributed by atoms with E-state index in [1.54, 1.807) is 38.3 Å². The van der Waals surface area contributed by atoms with Crippen molar-refractivity contribution in [3.05, 3.63) is 101 Å². The van der Waals surface area contributed by atoms with Gasteiger partial charge in [-0.3, -0.25) is 14.5 Å². The number of urea groups is 1. The number of nitrogens with zero attached hydrogens (tertiary/aromatic N) is 3. The molecule has 3 aromatic carbocycles. The Labute approximate surface area is 219 Å². The van der Waals surface area contributed by atoms with E-state index in [1.807, 2.05) is 54.6 Å². The first kappa shape index (κ1) is 24.5. The maximum absolute atomic E-state index is 13.6. The van der Waals surface area contributed by atoms with E-state index in [4.69, 9.17) is 16.3 Å². The molecule has 37 heavy (non-hydrogen) atoms. The van der Waals surface area contributed by atoms with Crippen LogP contribution in [0.1, 0.15) is 36.1 Å². The molecule has 2 aliphatic heterocycles. The molecule has 1 saturated heterocycles. The number of methoxy groups -OCH3 is 1. The molecular formula is C28H25ClN4O4. The minimum atomic E-state index is -1.30. The van der Waals surface area contributed by atoms with E-state index < -0.39 is 36.0 Å². The minimum absolute atomic E-state index is 0.392. The highest BCUT2D eigenvalue weighted by Gasteiger charge is 2.50. The predicted octanol–water partition coefficient (Wildman–Crippen LogP) is 4.49. The van der Waals surface area contributed by atoms with E-state index in [2.05, 4.69) is 10.4 Å². The number of carbonyl (C=O) groups excluding carboxylic acids is 3. The first-order valence-corrected chi connectivity index (χ1v) is 12.2. The molecule has 5 rings (SSSR count). The van der Waals surface area contributed by atoms with Crippen molar-refractivity contribution in [3.8, 4) is 5.75 Å². The number of hydrazone groups is 1. The quantitative estimate of drug-likeness (QED) is 0.488. The van der Waals surface area contributed by atoms with Crippen LogP contribution in [0, 0.1) is 0 Å². The SMILES string of the molecule is COc1ccc([C@H]2CC(c3ccccc3)=NN2C(=O)CN2C(=O)N[C@@](C)(c3ccc(Cl)cc3)C2=O)cc1. The van der Waals surface area contributed by atoms with E-state index in [1.165, 1.54) is 5.01 Å². The molecule has 0 unspecified atom stereocenters. The van der Waals surface area contributed by atoms with Gasteiger partial charge >= 0.3 is 6.03 Å². The number of nitrogens with one attached hydrogen (secondary N) is 1. The van der Waals surface area contributed by atoms with Crippen LogP contribution in [0.25, 0.3) is 0 Å². The molecule has 0 bridgehead atoms. The first-order chi connectivity index (χ1) is 17.8. The molecular weight excluding hydrogens is 492 g/mol. The summed E-state index contributed by atoms with van der Waals surface area (Å²) in [7, 11) is 1.59. The number of hydrogen-bond donors (Lipinski definition) is 1. The lowest BCUT2D eigenvalue weighted by atomic mass is 9.92. The van der Waals surface area contributed by atoms with Crippen molar-refractivity contribution >= 4 is 35.2 Å². The number of carbonyl (C=O) groups is 3. The van der Waals surface area contributed by atoms with Gasteiger partial charge in [0.1, 0.15) is 17.8 Å². The second-order valence-electron chi connectivity index (χ2n) is 9.10. The number of imide groups is 1. The van der Waals surface area contributed by atoms with Crippen LogP contribution in [0.2, 0.25) is 5.02 Å². The molecule has 4 amide bonds. The standard InChI is InChI=1S/C28H25ClN4O4/c1-28(20-10-12-21(29)13-11-20)26(35)32(27(36)30-28)17-25(34)33-24(19-8-14-22(37-2)15-9-19)16-23(31-33)18-6-4-3-5-7-18/h3-15,24H,16-17H2,1-2H3,(H,30,36)/t24-,28+/m1/s1. The van der Waals surface area contributed by atoms with Gasteiger partial charge in [0.25, 0.3) is 11.8 Å². The molecule has 8 nitrogen and oxygen atoms in total. The Morgan fingerprint density at radius 3 is 2.38 bits per heavy atom. The zero-order chi connectivity index (χ0) is 26.2. The molecule has 188 valence electrons. The topological polar surface area (TPSA) is 91.3 Å². The van der Waals surface area contributed by atoms with Crippen molar-refractivity contribution in [1.29, 1.82) is 0 Å². The van der Waals surface area contributed by atoms with E-state index in [9.17, 15) is 14.4 Å². The van der Waals surface area contributed by atoms with Crippen molar-refractivity contribution in [2.24, 2.45) is 5.10 Å². The summed E-state index contributed by atoms with van der Waals surface area (Å²) in [5, 5.41) is 9.26. The van der Waals surface area contributed by atoms with Gasteiger partial charge in [-0.1, -0.05) is 66.2 Å². The fourth-order valence-electron chi connectivity index (χ4n) is 4.66. The summed E-state index contributed by atoms with van der Waals surface area (Å²) in [6.07, 6.45) is 0.491. The van der Waals surface area contributed by atoms with Crippen molar-refractivity contribution in [2.45, 2.75) is 24.9 Å². The molecule has 2 aliphatic rings. The molecule has 1 N–H and O–H groups in total. The summed E-state index contributed by atoms with van der Waals surface area (Å²) in [6.45, 7) is 1.18. The summed E-state index contributed by atoms with van der Waals surface area (Å²) in [5.41, 5.74) is 1.79. The van der Waals surface area contributed by atoms with Crippen LogP contribution in [0.5, 0.6) is 5.75 Å². The molecule has 0 aromatic heterocycles. The van der Waals surface area contributed by atoms with Gasteiger partial charge in [0.2, 0.25) is 0 Å². The second kappa shape index (κ2) is 9.71. The summed E-state index contributed by atoms with van der Waals surface area (Å²) in [4.78, 5) is 40.7. The Morgan fingerprint density at radius 1 is 1.05 bits per heavy atom. The predicted molar refractivity (Wildman–Crippen MR) is 139 cm³/mol. The Morgan fingerprint density at radius 2 is 1.73 bits per heavy atom. The van der Waals surface area contributed by atoms with Gasteiger partial charge in [-0.2, -0.15) is 5.10 Å². The van der Waals surface area contributed by atoms with Crippen molar-refractivity contribution < 1.29 is 19.1 Å². The third-order valence-electron chi connectivity index (χ3n) is 6.76. The lowest BCUT2D eigenvalue weighted by molar-refractivity contribution is -0.140. The lowest BCUT2D eigenvalue weighted by Gasteiger charge is -2.25. The zero-order valence-electron chi connectivity index (χ0n) is 20.3. The van der Waals surface area contributed by atoms with E-state index in [0.29, 0.717) is 22.8 Å². The Hall–Kier alpha value is -4.17. The van der Waals surface area contributed by atoms with Crippen LogP contribution in [0.15, 0.2) is 84.0 Å². The smallest absolute Gasteiger partial charge is 0.325 e. The number of ether oxygens (including phenoxy) is 1. The maximum atomic E-state index is 13.6. The molecule has 9 heteroatoms. The van der Waals surface area contributed by atoms with Gasteiger partial charge < -0.3 is 10.1 Å². The zero-order valence-corrected chi connectivity index (χ0v) is 21.1. The van der Waals surface area contributed by atoms with Crippen LogP contribution >= 0.6 is 11.6 Å². The van der Waals surface area contributed by atoms with Gasteiger partial charge in [0.15, 0.2) is 0 Å². The fraction of sp³-hybridized carbons (Fsp3) is 0.214. The number of rotatable bonds is 6.